The Labute approximate surface area is 108 Å². The minimum Gasteiger partial charge on any atom is -0.378 e. The molecule has 1 aromatic heterocycles. The molecule has 1 fully saturated rings. The van der Waals surface area contributed by atoms with Crippen molar-refractivity contribution in [2.24, 2.45) is 0 Å². The van der Waals surface area contributed by atoms with E-state index in [9.17, 15) is 0 Å². The van der Waals surface area contributed by atoms with Gasteiger partial charge in [-0.15, -0.1) is 0 Å². The molecule has 1 heterocycles. The predicted molar refractivity (Wildman–Crippen MR) is 73.6 cm³/mol. The number of nitrogens with zero attached hydrogens (tertiary/aromatic N) is 1. The lowest BCUT2D eigenvalue weighted by molar-refractivity contribution is 0.699. The SMILES string of the molecule is c1ccc(NCc2ncc(C3CCCC3)[nH]2)cc1. The van der Waals surface area contributed by atoms with E-state index in [1.165, 1.54) is 31.4 Å². The van der Waals surface area contributed by atoms with Gasteiger partial charge in [-0.25, -0.2) is 4.98 Å². The fraction of sp³-hybridized carbons (Fsp3) is 0.400. The average molecular weight is 241 g/mol. The Kier molecular flexibility index (Phi) is 3.31. The van der Waals surface area contributed by atoms with Crippen molar-refractivity contribution in [3.8, 4) is 0 Å². The van der Waals surface area contributed by atoms with Crippen molar-refractivity contribution in [2.45, 2.75) is 38.1 Å². The van der Waals surface area contributed by atoms with Crippen molar-refractivity contribution in [3.05, 3.63) is 48.0 Å². The van der Waals surface area contributed by atoms with Crippen LogP contribution in [0.4, 0.5) is 5.69 Å². The zero-order valence-electron chi connectivity index (χ0n) is 10.5. The predicted octanol–water partition coefficient (Wildman–Crippen LogP) is 3.68. The number of H-pyrrole nitrogens is 1. The molecule has 1 aliphatic carbocycles. The highest BCUT2D eigenvalue weighted by molar-refractivity contribution is 5.42. The normalized spacial score (nSPS) is 16.0. The summed E-state index contributed by atoms with van der Waals surface area (Å²) in [6.45, 7) is 0.761. The third-order valence-electron chi connectivity index (χ3n) is 3.68. The lowest BCUT2D eigenvalue weighted by Crippen LogP contribution is -2.01. The van der Waals surface area contributed by atoms with Crippen molar-refractivity contribution < 1.29 is 0 Å². The smallest absolute Gasteiger partial charge is 0.125 e. The second kappa shape index (κ2) is 5.25. The summed E-state index contributed by atoms with van der Waals surface area (Å²) in [5.41, 5.74) is 2.45. The van der Waals surface area contributed by atoms with Crippen LogP contribution < -0.4 is 5.32 Å². The zero-order chi connectivity index (χ0) is 12.2. The topological polar surface area (TPSA) is 40.7 Å². The first kappa shape index (κ1) is 11.3. The van der Waals surface area contributed by atoms with Gasteiger partial charge in [0.25, 0.3) is 0 Å². The molecule has 1 aliphatic rings. The first-order chi connectivity index (χ1) is 8.92. The van der Waals surface area contributed by atoms with Crippen molar-refractivity contribution >= 4 is 5.69 Å². The summed E-state index contributed by atoms with van der Waals surface area (Å²) in [6.07, 6.45) is 7.36. The van der Waals surface area contributed by atoms with E-state index >= 15 is 0 Å². The number of anilines is 1. The Balaban J connectivity index is 1.60. The van der Waals surface area contributed by atoms with E-state index in [1.807, 2.05) is 24.4 Å². The molecule has 0 amide bonds. The van der Waals surface area contributed by atoms with E-state index in [4.69, 9.17) is 0 Å². The molecule has 1 saturated carbocycles. The Bertz CT molecular complexity index is 483. The molecule has 0 atom stereocenters. The van der Waals surface area contributed by atoms with Crippen LogP contribution in [-0.4, -0.2) is 9.97 Å². The second-order valence-corrected chi connectivity index (χ2v) is 4.99. The van der Waals surface area contributed by atoms with Crippen LogP contribution in [0.2, 0.25) is 0 Å². The van der Waals surface area contributed by atoms with Crippen LogP contribution in [0.1, 0.15) is 43.1 Å². The van der Waals surface area contributed by atoms with Gasteiger partial charge < -0.3 is 10.3 Å². The first-order valence-corrected chi connectivity index (χ1v) is 6.74. The largest absolute Gasteiger partial charge is 0.378 e. The van der Waals surface area contributed by atoms with Crippen LogP contribution in [0.25, 0.3) is 0 Å². The molecule has 0 spiro atoms. The van der Waals surface area contributed by atoms with Gasteiger partial charge in [0.15, 0.2) is 0 Å². The molecule has 0 saturated heterocycles. The van der Waals surface area contributed by atoms with Gasteiger partial charge in [-0.05, 0) is 25.0 Å². The Morgan fingerprint density at radius 3 is 2.72 bits per heavy atom. The molecule has 94 valence electrons. The number of nitrogens with one attached hydrogen (secondary N) is 2. The minimum atomic E-state index is 0.711. The van der Waals surface area contributed by atoms with Gasteiger partial charge in [-0.1, -0.05) is 31.0 Å². The van der Waals surface area contributed by atoms with Crippen LogP contribution >= 0.6 is 0 Å². The third-order valence-corrected chi connectivity index (χ3v) is 3.68. The lowest BCUT2D eigenvalue weighted by Gasteiger charge is -2.05. The van der Waals surface area contributed by atoms with Gasteiger partial charge >= 0.3 is 0 Å². The molecular weight excluding hydrogens is 222 g/mol. The highest BCUT2D eigenvalue weighted by Crippen LogP contribution is 2.32. The van der Waals surface area contributed by atoms with Gasteiger partial charge in [0.2, 0.25) is 0 Å². The van der Waals surface area contributed by atoms with Crippen LogP contribution in [-0.2, 0) is 6.54 Å². The molecule has 3 nitrogen and oxygen atoms in total. The van der Waals surface area contributed by atoms with Gasteiger partial charge in [-0.3, -0.25) is 0 Å². The fourth-order valence-corrected chi connectivity index (χ4v) is 2.65. The van der Waals surface area contributed by atoms with E-state index in [2.05, 4.69) is 27.4 Å². The number of hydrogen-bond acceptors (Lipinski definition) is 2. The van der Waals surface area contributed by atoms with Crippen molar-refractivity contribution in [2.75, 3.05) is 5.32 Å². The molecule has 0 bridgehead atoms. The number of para-hydroxylation sites is 1. The summed E-state index contributed by atoms with van der Waals surface area (Å²) >= 11 is 0. The highest BCUT2D eigenvalue weighted by atomic mass is 15.0. The molecule has 1 aromatic carbocycles. The summed E-state index contributed by atoms with van der Waals surface area (Å²) in [4.78, 5) is 7.91. The zero-order valence-corrected chi connectivity index (χ0v) is 10.5. The number of aromatic nitrogens is 2. The number of aromatic amines is 1. The maximum atomic E-state index is 4.46. The first-order valence-electron chi connectivity index (χ1n) is 6.74. The van der Waals surface area contributed by atoms with E-state index in [1.54, 1.807) is 0 Å². The second-order valence-electron chi connectivity index (χ2n) is 4.99. The van der Waals surface area contributed by atoms with Gasteiger partial charge in [-0.2, -0.15) is 0 Å². The molecule has 18 heavy (non-hydrogen) atoms. The van der Waals surface area contributed by atoms with E-state index in [0.717, 1.165) is 18.1 Å². The Morgan fingerprint density at radius 1 is 1.17 bits per heavy atom. The molecule has 0 aliphatic heterocycles. The summed E-state index contributed by atoms with van der Waals surface area (Å²) in [7, 11) is 0. The standard InChI is InChI=1S/C15H19N3/c1-2-8-13(9-3-1)16-11-15-17-10-14(18-15)12-6-4-5-7-12/h1-3,8-10,12,16H,4-7,11H2,(H,17,18). The number of rotatable bonds is 4. The monoisotopic (exact) mass is 241 g/mol. The molecule has 0 unspecified atom stereocenters. The van der Waals surface area contributed by atoms with Gasteiger partial charge in [0, 0.05) is 23.5 Å². The van der Waals surface area contributed by atoms with Gasteiger partial charge in [0.1, 0.15) is 5.82 Å². The van der Waals surface area contributed by atoms with E-state index in [0.29, 0.717) is 5.92 Å². The fourth-order valence-electron chi connectivity index (χ4n) is 2.65. The quantitative estimate of drug-likeness (QED) is 0.857. The van der Waals surface area contributed by atoms with Crippen molar-refractivity contribution in [3.63, 3.8) is 0 Å². The molecule has 3 rings (SSSR count). The Morgan fingerprint density at radius 2 is 1.94 bits per heavy atom. The lowest BCUT2D eigenvalue weighted by atomic mass is 10.1. The molecular formula is C15H19N3. The van der Waals surface area contributed by atoms with Crippen LogP contribution in [0.15, 0.2) is 36.5 Å². The maximum Gasteiger partial charge on any atom is 0.125 e. The summed E-state index contributed by atoms with van der Waals surface area (Å²) in [5, 5.41) is 3.37. The van der Waals surface area contributed by atoms with Crippen LogP contribution in [0.5, 0.6) is 0 Å². The average Bonchev–Trinajstić information content (AvgIpc) is 3.08. The molecule has 2 aromatic rings. The minimum absolute atomic E-state index is 0.711. The highest BCUT2D eigenvalue weighted by Gasteiger charge is 2.18. The molecule has 2 N–H and O–H groups in total. The molecule has 0 radical (unpaired) electrons. The number of imidazole rings is 1. The molecule has 3 heteroatoms. The van der Waals surface area contributed by atoms with Crippen molar-refractivity contribution in [1.29, 1.82) is 0 Å². The summed E-state index contributed by atoms with van der Waals surface area (Å²) in [5.74, 6) is 1.74. The Hall–Kier alpha value is -1.77. The number of benzene rings is 1. The number of hydrogen-bond donors (Lipinski definition) is 2. The van der Waals surface area contributed by atoms with Crippen LogP contribution in [0, 0.1) is 0 Å². The van der Waals surface area contributed by atoms with E-state index in [-0.39, 0.29) is 0 Å². The van der Waals surface area contributed by atoms with Gasteiger partial charge in [0.05, 0.1) is 6.54 Å². The summed E-state index contributed by atoms with van der Waals surface area (Å²) < 4.78 is 0. The third kappa shape index (κ3) is 2.55. The maximum absolute atomic E-state index is 4.46. The summed E-state index contributed by atoms with van der Waals surface area (Å²) in [6, 6.07) is 10.2. The van der Waals surface area contributed by atoms with Crippen molar-refractivity contribution in [1.82, 2.24) is 9.97 Å². The van der Waals surface area contributed by atoms with Crippen LogP contribution in [0.3, 0.4) is 0 Å². The van der Waals surface area contributed by atoms with E-state index < -0.39 is 0 Å².